The molecule has 0 unspecified atom stereocenters. The fourth-order valence-corrected chi connectivity index (χ4v) is 7.76. The highest BCUT2D eigenvalue weighted by Gasteiger charge is 2.29. The molecule has 0 radical (unpaired) electrons. The van der Waals surface area contributed by atoms with Crippen LogP contribution in [0.5, 0.6) is 0 Å². The maximum atomic E-state index is 12.6. The van der Waals surface area contributed by atoms with Crippen LogP contribution in [0, 0.1) is 18.8 Å². The van der Waals surface area contributed by atoms with Gasteiger partial charge in [-0.05, 0) is 80.4 Å². The average Bonchev–Trinajstić information content (AvgIpc) is 3.46. The van der Waals surface area contributed by atoms with Crippen molar-refractivity contribution in [2.75, 3.05) is 43.4 Å². The van der Waals surface area contributed by atoms with Crippen LogP contribution >= 0.6 is 11.5 Å². The van der Waals surface area contributed by atoms with Gasteiger partial charge in [-0.1, -0.05) is 25.0 Å². The Morgan fingerprint density at radius 1 is 1.00 bits per heavy atom. The Morgan fingerprint density at radius 2 is 1.73 bits per heavy atom. The predicted octanol–water partition coefficient (Wildman–Crippen LogP) is 4.99. The molecule has 1 saturated heterocycles. The number of nitrogens with zero attached hydrogens (tertiary/aromatic N) is 3. The molecule has 1 saturated carbocycles. The predicted molar refractivity (Wildman–Crippen MR) is 134 cm³/mol. The monoisotopic (exact) mass is 487 g/mol. The molecule has 1 aliphatic carbocycles. The van der Waals surface area contributed by atoms with Gasteiger partial charge < -0.3 is 9.32 Å². The van der Waals surface area contributed by atoms with Crippen LogP contribution in [-0.2, 0) is 9.84 Å². The van der Waals surface area contributed by atoms with Gasteiger partial charge in [-0.3, -0.25) is 4.90 Å². The normalized spacial score (nSPS) is 22.8. The molecular formula is C25H33N3O3S2. The lowest BCUT2D eigenvalue weighted by Crippen LogP contribution is -2.47. The third-order valence-corrected chi connectivity index (χ3v) is 9.89. The maximum absolute atomic E-state index is 12.6. The zero-order valence-electron chi connectivity index (χ0n) is 19.3. The van der Waals surface area contributed by atoms with Gasteiger partial charge in [-0.15, -0.1) is 0 Å². The number of furan rings is 1. The van der Waals surface area contributed by atoms with E-state index in [9.17, 15) is 8.42 Å². The Balaban J connectivity index is 1.04. The maximum Gasteiger partial charge on any atom is 0.218 e. The minimum absolute atomic E-state index is 0.131. The first-order chi connectivity index (χ1) is 16.0. The summed E-state index contributed by atoms with van der Waals surface area (Å²) in [6, 6.07) is 11.8. The summed E-state index contributed by atoms with van der Waals surface area (Å²) in [7, 11) is -3.31. The van der Waals surface area contributed by atoms with Crippen LogP contribution in [0.1, 0.15) is 37.9 Å². The highest BCUT2D eigenvalue weighted by Crippen LogP contribution is 2.34. The molecule has 2 aromatic heterocycles. The summed E-state index contributed by atoms with van der Waals surface area (Å²) in [4.78, 5) is 5.02. The lowest BCUT2D eigenvalue weighted by Gasteiger charge is -2.36. The Hall–Kier alpha value is -1.90. The smallest absolute Gasteiger partial charge is 0.218 e. The highest BCUT2D eigenvalue weighted by atomic mass is 32.2. The molecule has 2 fully saturated rings. The molecule has 0 atom stereocenters. The molecule has 2 aliphatic rings. The van der Waals surface area contributed by atoms with Gasteiger partial charge in [0, 0.05) is 31.6 Å². The van der Waals surface area contributed by atoms with Crippen LogP contribution < -0.4 is 4.90 Å². The Morgan fingerprint density at radius 3 is 2.45 bits per heavy atom. The summed E-state index contributed by atoms with van der Waals surface area (Å²) in [6.07, 6.45) is 5.52. The minimum atomic E-state index is -3.31. The van der Waals surface area contributed by atoms with Crippen LogP contribution in [0.3, 0.4) is 0 Å². The van der Waals surface area contributed by atoms with E-state index in [-0.39, 0.29) is 16.8 Å². The second kappa shape index (κ2) is 9.76. The topological polar surface area (TPSA) is 66.7 Å². The molecule has 33 heavy (non-hydrogen) atoms. The Kier molecular flexibility index (Phi) is 6.77. The van der Waals surface area contributed by atoms with Crippen molar-refractivity contribution < 1.29 is 12.8 Å². The summed E-state index contributed by atoms with van der Waals surface area (Å²) >= 11 is 1.59. The Labute approximate surface area is 200 Å². The van der Waals surface area contributed by atoms with Crippen molar-refractivity contribution in [3.8, 4) is 0 Å². The summed E-state index contributed by atoms with van der Waals surface area (Å²) in [5, 5.41) is 1.41. The highest BCUT2D eigenvalue weighted by molar-refractivity contribution is 7.91. The van der Waals surface area contributed by atoms with Gasteiger partial charge in [-0.25, -0.2) is 8.42 Å². The molecule has 178 valence electrons. The lowest BCUT2D eigenvalue weighted by atomic mass is 9.81. The molecular weight excluding hydrogens is 454 g/mol. The van der Waals surface area contributed by atoms with Crippen molar-refractivity contribution in [3.63, 3.8) is 0 Å². The van der Waals surface area contributed by atoms with Crippen LogP contribution in [0.25, 0.3) is 10.1 Å². The van der Waals surface area contributed by atoms with E-state index in [0.29, 0.717) is 5.76 Å². The molecule has 0 bridgehead atoms. The first kappa shape index (κ1) is 22.9. The average molecular weight is 488 g/mol. The third-order valence-electron chi connectivity index (χ3n) is 7.33. The van der Waals surface area contributed by atoms with E-state index in [1.54, 1.807) is 30.6 Å². The second-order valence-electron chi connectivity index (χ2n) is 9.65. The summed E-state index contributed by atoms with van der Waals surface area (Å²) in [5.74, 6) is 3.00. The van der Waals surface area contributed by atoms with E-state index >= 15 is 0 Å². The number of hydrogen-bond donors (Lipinski definition) is 0. The second-order valence-corrected chi connectivity index (χ2v) is 12.4. The van der Waals surface area contributed by atoms with Crippen LogP contribution in [0.2, 0.25) is 0 Å². The van der Waals surface area contributed by atoms with Crippen molar-refractivity contribution in [1.82, 2.24) is 9.27 Å². The largest absolute Gasteiger partial charge is 0.450 e. The fourth-order valence-electron chi connectivity index (χ4n) is 5.31. The van der Waals surface area contributed by atoms with Crippen LogP contribution in [-0.4, -0.2) is 56.2 Å². The number of fused-ring (bicyclic) bond motifs is 1. The number of aryl methyl sites for hydroxylation is 1. The number of anilines is 1. The van der Waals surface area contributed by atoms with Gasteiger partial charge in [0.1, 0.15) is 11.6 Å². The molecule has 3 aromatic rings. The van der Waals surface area contributed by atoms with E-state index in [4.69, 9.17) is 8.79 Å². The van der Waals surface area contributed by atoms with Crippen LogP contribution in [0.15, 0.2) is 45.9 Å². The first-order valence-corrected chi connectivity index (χ1v) is 14.5. The van der Waals surface area contributed by atoms with Gasteiger partial charge >= 0.3 is 0 Å². The number of benzene rings is 1. The van der Waals surface area contributed by atoms with Crippen molar-refractivity contribution in [3.05, 3.63) is 42.2 Å². The van der Waals surface area contributed by atoms with Gasteiger partial charge in [0.2, 0.25) is 14.9 Å². The zero-order chi connectivity index (χ0) is 22.8. The van der Waals surface area contributed by atoms with Crippen molar-refractivity contribution >= 4 is 37.3 Å². The number of piperazine rings is 1. The van der Waals surface area contributed by atoms with E-state index in [1.807, 2.05) is 0 Å². The molecule has 0 amide bonds. The number of rotatable bonds is 7. The molecule has 6 nitrogen and oxygen atoms in total. The van der Waals surface area contributed by atoms with Crippen molar-refractivity contribution in [1.29, 1.82) is 0 Å². The summed E-state index contributed by atoms with van der Waals surface area (Å²) in [5.41, 5.74) is 0. The molecule has 8 heteroatoms. The van der Waals surface area contributed by atoms with Gasteiger partial charge in [0.05, 0.1) is 10.5 Å². The molecule has 1 aromatic carbocycles. The van der Waals surface area contributed by atoms with E-state index < -0.39 is 9.84 Å². The SMILES string of the molecule is Cc1ccc(S(=O)(=O)CC2CCC(CCN3CCN(c4nsc5ccccc45)CC3)CC2)o1. The minimum Gasteiger partial charge on any atom is -0.450 e. The standard InChI is InChI=1S/C25H33N3O3S2/c1-19-6-11-24(31-19)33(29,30)18-21-9-7-20(8-10-21)12-13-27-14-16-28(17-15-27)25-22-4-2-3-5-23(22)32-26-25/h2-6,11,20-21H,7-10,12-18H2,1H3. The fraction of sp³-hybridized carbons (Fsp3) is 0.560. The number of sulfone groups is 1. The number of hydrogen-bond acceptors (Lipinski definition) is 7. The van der Waals surface area contributed by atoms with E-state index in [2.05, 4.69) is 34.1 Å². The van der Waals surface area contributed by atoms with Crippen molar-refractivity contribution in [2.24, 2.45) is 11.8 Å². The van der Waals surface area contributed by atoms with Crippen molar-refractivity contribution in [2.45, 2.75) is 44.1 Å². The molecule has 1 aliphatic heterocycles. The third kappa shape index (κ3) is 5.28. The van der Waals surface area contributed by atoms with E-state index in [0.717, 1.165) is 70.1 Å². The van der Waals surface area contributed by atoms with Crippen LogP contribution in [0.4, 0.5) is 5.82 Å². The zero-order valence-corrected chi connectivity index (χ0v) is 20.9. The van der Waals surface area contributed by atoms with E-state index in [1.165, 1.54) is 16.5 Å². The van der Waals surface area contributed by atoms with Gasteiger partial charge in [0.15, 0.2) is 0 Å². The van der Waals surface area contributed by atoms with Gasteiger partial charge in [-0.2, -0.15) is 4.37 Å². The first-order valence-electron chi connectivity index (χ1n) is 12.1. The molecule has 0 N–H and O–H groups in total. The Bertz CT molecular complexity index is 1170. The molecule has 0 spiro atoms. The molecule has 5 rings (SSSR count). The lowest BCUT2D eigenvalue weighted by molar-refractivity contribution is 0.208. The van der Waals surface area contributed by atoms with Gasteiger partial charge in [0.25, 0.3) is 0 Å². The summed E-state index contributed by atoms with van der Waals surface area (Å²) < 4.78 is 36.6. The quantitative estimate of drug-likeness (QED) is 0.468. The summed E-state index contributed by atoms with van der Waals surface area (Å²) in [6.45, 7) is 7.16. The molecule has 3 heterocycles. The number of aromatic nitrogens is 1.